The van der Waals surface area contributed by atoms with Crippen LogP contribution in [0.2, 0.25) is 5.02 Å². The second kappa shape index (κ2) is 8.10. The van der Waals surface area contributed by atoms with Crippen molar-refractivity contribution in [1.82, 2.24) is 4.98 Å². The van der Waals surface area contributed by atoms with E-state index in [4.69, 9.17) is 16.3 Å². The first-order valence-electron chi connectivity index (χ1n) is 7.90. The average molecular weight is 448 g/mol. The van der Waals surface area contributed by atoms with Crippen molar-refractivity contribution < 1.29 is 26.3 Å². The molecule has 148 valence electrons. The molecule has 10 heteroatoms. The number of sulfone groups is 1. The number of hydrogen-bond acceptors (Lipinski definition) is 5. The van der Waals surface area contributed by atoms with Crippen LogP contribution < -0.4 is 4.74 Å². The monoisotopic (exact) mass is 447 g/mol. The summed E-state index contributed by atoms with van der Waals surface area (Å²) in [6, 6.07) is 5.03. The highest BCUT2D eigenvalue weighted by atomic mass is 35.5. The quantitative estimate of drug-likeness (QED) is 0.512. The highest BCUT2D eigenvalue weighted by Crippen LogP contribution is 2.35. The van der Waals surface area contributed by atoms with Crippen molar-refractivity contribution in [3.8, 4) is 5.75 Å². The Balaban J connectivity index is 1.90. The third kappa shape index (κ3) is 4.31. The van der Waals surface area contributed by atoms with Gasteiger partial charge in [0, 0.05) is 17.6 Å². The molecule has 0 aliphatic heterocycles. The number of benzene rings is 2. The first kappa shape index (κ1) is 20.6. The minimum atomic E-state index is -4.03. The lowest BCUT2D eigenvalue weighted by atomic mass is 10.1. The fourth-order valence-corrected chi connectivity index (χ4v) is 5.17. The summed E-state index contributed by atoms with van der Waals surface area (Å²) in [7, 11) is -4.03. The molecule has 0 amide bonds. The first-order chi connectivity index (χ1) is 13.2. The minimum Gasteiger partial charge on any atom is -0.484 e. The molecule has 1 heterocycles. The molecule has 0 aliphatic carbocycles. The van der Waals surface area contributed by atoms with Crippen LogP contribution in [0.25, 0.3) is 0 Å². The Labute approximate surface area is 168 Å². The molecule has 0 radical (unpaired) electrons. The van der Waals surface area contributed by atoms with Crippen molar-refractivity contribution in [2.75, 3.05) is 0 Å². The van der Waals surface area contributed by atoms with Crippen LogP contribution in [0.4, 0.5) is 13.2 Å². The van der Waals surface area contributed by atoms with E-state index in [1.807, 2.05) is 0 Å². The van der Waals surface area contributed by atoms with Gasteiger partial charge in [0.05, 0.1) is 10.6 Å². The molecule has 3 aromatic rings. The molecule has 0 aliphatic rings. The zero-order chi connectivity index (χ0) is 20.5. The molecule has 0 saturated carbocycles. The second-order valence-corrected chi connectivity index (χ2v) is 9.14. The number of ether oxygens (including phenoxy) is 1. The maximum Gasteiger partial charge on any atom is 0.187 e. The molecule has 0 unspecified atom stereocenters. The summed E-state index contributed by atoms with van der Waals surface area (Å²) in [6.07, 6.45) is 0.315. The van der Waals surface area contributed by atoms with Gasteiger partial charge >= 0.3 is 0 Å². The van der Waals surface area contributed by atoms with E-state index in [1.165, 1.54) is 19.2 Å². The summed E-state index contributed by atoms with van der Waals surface area (Å²) in [5.74, 6) is -3.45. The molecule has 2 aromatic carbocycles. The molecule has 28 heavy (non-hydrogen) atoms. The summed E-state index contributed by atoms with van der Waals surface area (Å²) < 4.78 is 72.5. The summed E-state index contributed by atoms with van der Waals surface area (Å²) in [5.41, 5.74) is -0.348. The first-order valence-corrected chi connectivity index (χ1v) is 10.8. The van der Waals surface area contributed by atoms with Crippen LogP contribution in [0.1, 0.15) is 23.6 Å². The molecule has 1 atom stereocenters. The molecule has 0 bridgehead atoms. The number of hydrogen-bond donors (Lipinski definition) is 0. The van der Waals surface area contributed by atoms with Gasteiger partial charge in [0.25, 0.3) is 0 Å². The molecular weight excluding hydrogens is 435 g/mol. The number of nitrogens with zero attached hydrogens (tertiary/aromatic N) is 1. The summed E-state index contributed by atoms with van der Waals surface area (Å²) in [6.45, 7) is 1.36. The van der Waals surface area contributed by atoms with E-state index in [0.29, 0.717) is 5.01 Å². The zero-order valence-electron chi connectivity index (χ0n) is 14.3. The van der Waals surface area contributed by atoms with Gasteiger partial charge in [-0.25, -0.2) is 26.6 Å². The van der Waals surface area contributed by atoms with Gasteiger partial charge in [0.15, 0.2) is 9.84 Å². The van der Waals surface area contributed by atoms with E-state index in [-0.39, 0.29) is 16.3 Å². The Morgan fingerprint density at radius 3 is 2.46 bits per heavy atom. The third-order valence-electron chi connectivity index (χ3n) is 3.83. The standard InChI is InChI=1S/C18H13ClF3NO3S2/c1-10(18-12(20)3-2-4-13(18)21)26-15-8-14(22)16(7-11(15)19)28(24,25)9-17-23-5-6-27-17/h2-8,10H,9H2,1H3/t10-/m0/s1. The molecule has 4 nitrogen and oxygen atoms in total. The molecule has 1 aromatic heterocycles. The largest absolute Gasteiger partial charge is 0.484 e. The highest BCUT2D eigenvalue weighted by molar-refractivity contribution is 7.90. The molecule has 0 saturated heterocycles. The van der Waals surface area contributed by atoms with Crippen LogP contribution in [0.3, 0.4) is 0 Å². The maximum absolute atomic E-state index is 14.5. The van der Waals surface area contributed by atoms with Crippen LogP contribution in [-0.2, 0) is 15.6 Å². The molecular formula is C18H13ClF3NO3S2. The lowest BCUT2D eigenvalue weighted by Gasteiger charge is -2.18. The normalized spacial score (nSPS) is 12.8. The summed E-state index contributed by atoms with van der Waals surface area (Å²) in [5, 5.41) is 1.70. The van der Waals surface area contributed by atoms with E-state index in [1.54, 1.807) is 5.38 Å². The zero-order valence-corrected chi connectivity index (χ0v) is 16.7. The van der Waals surface area contributed by atoms with Crippen molar-refractivity contribution in [2.45, 2.75) is 23.7 Å². The Bertz CT molecular complexity index is 1090. The van der Waals surface area contributed by atoms with E-state index < -0.39 is 44.0 Å². The Morgan fingerprint density at radius 2 is 1.86 bits per heavy atom. The molecule has 0 spiro atoms. The highest BCUT2D eigenvalue weighted by Gasteiger charge is 2.25. The topological polar surface area (TPSA) is 56.3 Å². The van der Waals surface area contributed by atoms with Crippen molar-refractivity contribution in [1.29, 1.82) is 0 Å². The Hall–Kier alpha value is -2.10. The summed E-state index contributed by atoms with van der Waals surface area (Å²) in [4.78, 5) is 3.27. The van der Waals surface area contributed by atoms with Gasteiger partial charge in [-0.1, -0.05) is 17.7 Å². The minimum absolute atomic E-state index is 0.206. The third-order valence-corrected chi connectivity index (χ3v) is 6.72. The SMILES string of the molecule is C[C@H](Oc1cc(F)c(S(=O)(=O)Cc2nccs2)cc1Cl)c1c(F)cccc1F. The van der Waals surface area contributed by atoms with Crippen LogP contribution in [-0.4, -0.2) is 13.4 Å². The number of halogens is 4. The van der Waals surface area contributed by atoms with Gasteiger partial charge in [-0.2, -0.15) is 0 Å². The molecule has 0 fully saturated rings. The second-order valence-electron chi connectivity index (χ2n) is 5.79. The van der Waals surface area contributed by atoms with Gasteiger partial charge in [0.1, 0.15) is 45.0 Å². The van der Waals surface area contributed by atoms with Crippen LogP contribution in [0.15, 0.2) is 46.8 Å². The van der Waals surface area contributed by atoms with E-state index >= 15 is 0 Å². The fourth-order valence-electron chi connectivity index (χ4n) is 2.55. The van der Waals surface area contributed by atoms with E-state index in [0.717, 1.165) is 35.6 Å². The maximum atomic E-state index is 14.5. The summed E-state index contributed by atoms with van der Waals surface area (Å²) >= 11 is 7.17. The van der Waals surface area contributed by atoms with Gasteiger partial charge in [-0.15, -0.1) is 11.3 Å². The van der Waals surface area contributed by atoms with E-state index in [9.17, 15) is 21.6 Å². The van der Waals surface area contributed by atoms with Gasteiger partial charge in [0.2, 0.25) is 0 Å². The average Bonchev–Trinajstić information content (AvgIpc) is 3.09. The number of rotatable bonds is 6. The smallest absolute Gasteiger partial charge is 0.187 e. The van der Waals surface area contributed by atoms with Crippen molar-refractivity contribution >= 4 is 32.8 Å². The van der Waals surface area contributed by atoms with Crippen LogP contribution >= 0.6 is 22.9 Å². The molecule has 3 rings (SSSR count). The Kier molecular flexibility index (Phi) is 5.97. The van der Waals surface area contributed by atoms with Gasteiger partial charge in [-0.05, 0) is 25.1 Å². The van der Waals surface area contributed by atoms with Crippen molar-refractivity contribution in [3.63, 3.8) is 0 Å². The van der Waals surface area contributed by atoms with E-state index in [2.05, 4.69) is 4.98 Å². The van der Waals surface area contributed by atoms with Gasteiger partial charge in [-0.3, -0.25) is 0 Å². The fraction of sp³-hybridized carbons (Fsp3) is 0.167. The number of aromatic nitrogens is 1. The van der Waals surface area contributed by atoms with Crippen LogP contribution in [0, 0.1) is 17.5 Å². The lowest BCUT2D eigenvalue weighted by Crippen LogP contribution is -2.10. The van der Waals surface area contributed by atoms with Crippen molar-refractivity contribution in [2.24, 2.45) is 0 Å². The predicted molar refractivity (Wildman–Crippen MR) is 99.8 cm³/mol. The molecule has 0 N–H and O–H groups in total. The predicted octanol–water partition coefficient (Wildman–Crippen LogP) is 5.33. The van der Waals surface area contributed by atoms with Gasteiger partial charge < -0.3 is 4.74 Å². The number of thiazole rings is 1. The lowest BCUT2D eigenvalue weighted by molar-refractivity contribution is 0.214. The Morgan fingerprint density at radius 1 is 1.18 bits per heavy atom. The van der Waals surface area contributed by atoms with Crippen molar-refractivity contribution in [3.05, 3.63) is 75.0 Å². The van der Waals surface area contributed by atoms with Crippen LogP contribution in [0.5, 0.6) is 5.75 Å².